The molecule has 0 aliphatic heterocycles. The van der Waals surface area contributed by atoms with E-state index in [1.807, 2.05) is 80.6 Å². The van der Waals surface area contributed by atoms with E-state index in [4.69, 9.17) is 23.8 Å². The summed E-state index contributed by atoms with van der Waals surface area (Å²) in [7, 11) is 2.83. The Morgan fingerprint density at radius 2 is 1.65 bits per heavy atom. The average molecular weight is 504 g/mol. The van der Waals surface area contributed by atoms with Crippen LogP contribution in [-0.4, -0.2) is 39.6 Å². The molecule has 0 saturated heterocycles. The van der Waals surface area contributed by atoms with Crippen LogP contribution in [-0.2, 0) is 25.7 Å². The normalized spacial score (nSPS) is 11.3. The van der Waals surface area contributed by atoms with E-state index in [0.717, 1.165) is 40.2 Å². The third-order valence-corrected chi connectivity index (χ3v) is 5.55. The Hall–Kier alpha value is -4.26. The number of esters is 1. The van der Waals surface area contributed by atoms with E-state index in [1.165, 1.54) is 20.5 Å². The van der Waals surface area contributed by atoms with Crippen molar-refractivity contribution < 1.29 is 28.6 Å². The maximum absolute atomic E-state index is 12.2. The van der Waals surface area contributed by atoms with Crippen molar-refractivity contribution in [1.29, 1.82) is 0 Å². The van der Waals surface area contributed by atoms with Crippen molar-refractivity contribution in [2.75, 3.05) is 27.4 Å². The van der Waals surface area contributed by atoms with Crippen molar-refractivity contribution in [2.45, 2.75) is 26.9 Å². The number of benzene rings is 3. The summed E-state index contributed by atoms with van der Waals surface area (Å²) in [6.07, 6.45) is 3.82. The monoisotopic (exact) mass is 503 g/mol. The summed E-state index contributed by atoms with van der Waals surface area (Å²) in [5, 5.41) is 4.10. The van der Waals surface area contributed by atoms with Crippen molar-refractivity contribution >= 4 is 17.8 Å². The van der Waals surface area contributed by atoms with Gasteiger partial charge in [-0.2, -0.15) is 0 Å². The van der Waals surface area contributed by atoms with Crippen LogP contribution in [0.1, 0.15) is 34.2 Å². The molecule has 0 amide bonds. The zero-order chi connectivity index (χ0) is 26.5. The van der Waals surface area contributed by atoms with Gasteiger partial charge >= 0.3 is 5.97 Å². The highest BCUT2D eigenvalue weighted by molar-refractivity contribution is 6.16. The Morgan fingerprint density at radius 1 is 0.892 bits per heavy atom. The highest BCUT2D eigenvalue weighted by Gasteiger charge is 2.17. The van der Waals surface area contributed by atoms with Gasteiger partial charge in [-0.05, 0) is 65.9 Å². The lowest BCUT2D eigenvalue weighted by molar-refractivity contribution is -0.133. The van der Waals surface area contributed by atoms with Gasteiger partial charge in [0, 0.05) is 6.42 Å². The van der Waals surface area contributed by atoms with Crippen LogP contribution in [0, 0.1) is 13.8 Å². The Labute approximate surface area is 218 Å². The maximum atomic E-state index is 12.2. The smallest absolute Gasteiger partial charge is 0.341 e. The fraction of sp³-hybridized carbons (Fsp3) is 0.267. The number of carbonyl (C=O) groups excluding carboxylic acids is 1. The van der Waals surface area contributed by atoms with Gasteiger partial charge in [-0.25, -0.2) is 4.79 Å². The number of para-hydroxylation sites is 1. The number of hydrogen-bond donors (Lipinski definition) is 0. The standard InChI is InChI=1S/C30H33NO6/c1-22-18-29(36-20-24-11-8-9-14-27(24)28(21-33-3)30(32)34-4)23(2)17-25(22)19-31-37-16-10-15-35-26-12-6-5-7-13-26/h5-9,11-14,17-19,21H,10,15-16,20H2,1-4H3. The molecule has 0 bridgehead atoms. The third-order valence-electron chi connectivity index (χ3n) is 5.55. The van der Waals surface area contributed by atoms with Crippen LogP contribution in [0.15, 0.2) is 78.1 Å². The number of methoxy groups -OCH3 is 2. The maximum Gasteiger partial charge on any atom is 0.341 e. The van der Waals surface area contributed by atoms with Gasteiger partial charge in [0.15, 0.2) is 0 Å². The van der Waals surface area contributed by atoms with E-state index in [-0.39, 0.29) is 6.61 Å². The summed E-state index contributed by atoms with van der Waals surface area (Å²) in [6, 6.07) is 21.2. The fourth-order valence-electron chi connectivity index (χ4n) is 3.60. The summed E-state index contributed by atoms with van der Waals surface area (Å²) in [5.74, 6) is 1.12. The van der Waals surface area contributed by atoms with E-state index in [9.17, 15) is 4.79 Å². The second kappa shape index (κ2) is 14.3. The lowest BCUT2D eigenvalue weighted by Crippen LogP contribution is -2.08. The van der Waals surface area contributed by atoms with Crippen molar-refractivity contribution in [3.63, 3.8) is 0 Å². The summed E-state index contributed by atoms with van der Waals surface area (Å²) in [6.45, 7) is 5.27. The van der Waals surface area contributed by atoms with Crippen LogP contribution in [0.3, 0.4) is 0 Å². The number of nitrogens with zero attached hydrogens (tertiary/aromatic N) is 1. The van der Waals surface area contributed by atoms with Crippen LogP contribution < -0.4 is 9.47 Å². The van der Waals surface area contributed by atoms with Gasteiger partial charge < -0.3 is 23.8 Å². The van der Waals surface area contributed by atoms with E-state index in [2.05, 4.69) is 5.16 Å². The summed E-state index contributed by atoms with van der Waals surface area (Å²) >= 11 is 0. The van der Waals surface area contributed by atoms with E-state index < -0.39 is 5.97 Å². The molecule has 0 aromatic heterocycles. The van der Waals surface area contributed by atoms with Crippen molar-refractivity contribution in [3.8, 4) is 11.5 Å². The average Bonchev–Trinajstić information content (AvgIpc) is 2.92. The lowest BCUT2D eigenvalue weighted by atomic mass is 10.0. The van der Waals surface area contributed by atoms with Gasteiger partial charge in [0.25, 0.3) is 0 Å². The molecule has 3 rings (SSSR count). The second-order valence-corrected chi connectivity index (χ2v) is 8.26. The predicted octanol–water partition coefficient (Wildman–Crippen LogP) is 5.86. The van der Waals surface area contributed by atoms with Gasteiger partial charge in [0.05, 0.1) is 33.3 Å². The first-order chi connectivity index (χ1) is 18.0. The molecular weight excluding hydrogens is 470 g/mol. The molecule has 0 fully saturated rings. The first-order valence-electron chi connectivity index (χ1n) is 12.0. The Morgan fingerprint density at radius 3 is 2.41 bits per heavy atom. The number of aryl methyl sites for hydroxylation is 2. The molecule has 7 nitrogen and oxygen atoms in total. The SMILES string of the molecule is COC=C(C(=O)OC)c1ccccc1COc1cc(C)c(C=NOCCCOc2ccccc2)cc1C. The largest absolute Gasteiger partial charge is 0.503 e. The number of ether oxygens (including phenoxy) is 4. The van der Waals surface area contributed by atoms with Crippen LogP contribution in [0.2, 0.25) is 0 Å². The number of carbonyl (C=O) groups is 1. The van der Waals surface area contributed by atoms with Crippen molar-refractivity contribution in [3.05, 3.63) is 101 Å². The molecule has 194 valence electrons. The minimum Gasteiger partial charge on any atom is -0.503 e. The van der Waals surface area contributed by atoms with Crippen molar-refractivity contribution in [1.82, 2.24) is 0 Å². The van der Waals surface area contributed by atoms with Gasteiger partial charge in [-0.15, -0.1) is 0 Å². The first kappa shape index (κ1) is 27.3. The lowest BCUT2D eigenvalue weighted by Gasteiger charge is -2.15. The van der Waals surface area contributed by atoms with E-state index >= 15 is 0 Å². The zero-order valence-corrected chi connectivity index (χ0v) is 21.7. The molecule has 0 atom stereocenters. The molecule has 3 aromatic carbocycles. The Bertz CT molecular complexity index is 1220. The third kappa shape index (κ3) is 8.14. The minimum absolute atomic E-state index is 0.274. The van der Waals surface area contributed by atoms with Gasteiger partial charge in [-0.3, -0.25) is 0 Å². The van der Waals surface area contributed by atoms with Crippen LogP contribution >= 0.6 is 0 Å². The van der Waals surface area contributed by atoms with Crippen LogP contribution in [0.5, 0.6) is 11.5 Å². The number of rotatable bonds is 13. The molecule has 0 unspecified atom stereocenters. The second-order valence-electron chi connectivity index (χ2n) is 8.26. The first-order valence-corrected chi connectivity index (χ1v) is 12.0. The number of hydrogen-bond acceptors (Lipinski definition) is 7. The van der Waals surface area contributed by atoms with Gasteiger partial charge in [0.1, 0.15) is 30.3 Å². The molecule has 0 N–H and O–H groups in total. The molecule has 0 aliphatic rings. The highest BCUT2D eigenvalue weighted by Crippen LogP contribution is 2.26. The quantitative estimate of drug-likeness (QED) is 0.0726. The Balaban J connectivity index is 1.57. The summed E-state index contributed by atoms with van der Waals surface area (Å²) in [5.41, 5.74) is 4.77. The van der Waals surface area contributed by atoms with Crippen molar-refractivity contribution in [2.24, 2.45) is 5.16 Å². The van der Waals surface area contributed by atoms with Gasteiger partial charge in [-0.1, -0.05) is 47.6 Å². The molecule has 0 saturated carbocycles. The van der Waals surface area contributed by atoms with Crippen LogP contribution in [0.4, 0.5) is 0 Å². The molecule has 0 heterocycles. The Kier molecular flexibility index (Phi) is 10.6. The fourth-order valence-corrected chi connectivity index (χ4v) is 3.60. The predicted molar refractivity (Wildman–Crippen MR) is 144 cm³/mol. The molecule has 0 radical (unpaired) electrons. The topological polar surface area (TPSA) is 75.6 Å². The molecule has 7 heteroatoms. The molecule has 3 aromatic rings. The van der Waals surface area contributed by atoms with E-state index in [0.29, 0.717) is 24.4 Å². The van der Waals surface area contributed by atoms with Gasteiger partial charge in [0.2, 0.25) is 0 Å². The highest BCUT2D eigenvalue weighted by atomic mass is 16.6. The molecule has 0 aliphatic carbocycles. The summed E-state index contributed by atoms with van der Waals surface area (Å²) < 4.78 is 21.8. The summed E-state index contributed by atoms with van der Waals surface area (Å²) in [4.78, 5) is 17.6. The van der Waals surface area contributed by atoms with E-state index in [1.54, 1.807) is 6.21 Å². The number of oxime groups is 1. The minimum atomic E-state index is -0.476. The molecule has 37 heavy (non-hydrogen) atoms. The molecule has 0 spiro atoms. The van der Waals surface area contributed by atoms with Crippen LogP contribution in [0.25, 0.3) is 5.57 Å². The molecular formula is C30H33NO6. The zero-order valence-electron chi connectivity index (χ0n) is 21.7.